The molecular weight excluding hydrogens is 299 g/mol. The molecule has 6 nitrogen and oxygen atoms in total. The van der Waals surface area contributed by atoms with Crippen molar-refractivity contribution in [3.63, 3.8) is 0 Å². The molecule has 1 atom stereocenters. The molecule has 0 radical (unpaired) electrons. The van der Waals surface area contributed by atoms with Crippen molar-refractivity contribution < 1.29 is 22.7 Å². The number of benzene rings is 1. The van der Waals surface area contributed by atoms with Gasteiger partial charge in [-0.2, -0.15) is 9.57 Å². The monoisotopic (exact) mass is 314 g/mol. The Kier molecular flexibility index (Phi) is 5.04. The second-order valence-electron chi connectivity index (χ2n) is 4.62. The van der Waals surface area contributed by atoms with Gasteiger partial charge in [0.05, 0.1) is 22.9 Å². The fourth-order valence-electron chi connectivity index (χ4n) is 1.70. The van der Waals surface area contributed by atoms with Gasteiger partial charge in [-0.1, -0.05) is 0 Å². The largest absolute Gasteiger partial charge is 0.478 e. The number of carbonyl (C=O) groups is 1. The Bertz CT molecular complexity index is 710. The number of hydrogen-bond acceptors (Lipinski definition) is 4. The van der Waals surface area contributed by atoms with E-state index in [9.17, 15) is 17.6 Å². The Morgan fingerprint density at radius 2 is 2.10 bits per heavy atom. The van der Waals surface area contributed by atoms with Crippen LogP contribution in [-0.4, -0.2) is 36.9 Å². The number of nitriles is 1. The highest BCUT2D eigenvalue weighted by atomic mass is 32.2. The number of halogens is 1. The van der Waals surface area contributed by atoms with E-state index in [2.05, 4.69) is 0 Å². The van der Waals surface area contributed by atoms with Crippen LogP contribution < -0.4 is 0 Å². The van der Waals surface area contributed by atoms with Gasteiger partial charge in [0.1, 0.15) is 5.82 Å². The minimum Gasteiger partial charge on any atom is -0.478 e. The zero-order chi connectivity index (χ0) is 16.4. The zero-order valence-corrected chi connectivity index (χ0v) is 12.6. The lowest BCUT2D eigenvalue weighted by Crippen LogP contribution is -2.35. The topological polar surface area (TPSA) is 98.5 Å². The van der Waals surface area contributed by atoms with Gasteiger partial charge in [-0.05, 0) is 26.0 Å². The summed E-state index contributed by atoms with van der Waals surface area (Å²) in [6.45, 7) is 2.80. The lowest BCUT2D eigenvalue weighted by atomic mass is 10.1. The van der Waals surface area contributed by atoms with Crippen LogP contribution in [0.2, 0.25) is 0 Å². The van der Waals surface area contributed by atoms with Crippen LogP contribution >= 0.6 is 0 Å². The van der Waals surface area contributed by atoms with E-state index in [0.717, 1.165) is 16.4 Å². The van der Waals surface area contributed by atoms with Gasteiger partial charge in [-0.15, -0.1) is 0 Å². The molecule has 0 saturated heterocycles. The van der Waals surface area contributed by atoms with E-state index in [4.69, 9.17) is 10.4 Å². The molecule has 0 aliphatic rings. The molecule has 0 heterocycles. The number of nitrogens with zero attached hydrogens (tertiary/aromatic N) is 2. The van der Waals surface area contributed by atoms with Crippen molar-refractivity contribution in [1.82, 2.24) is 4.31 Å². The molecule has 21 heavy (non-hydrogen) atoms. The van der Waals surface area contributed by atoms with E-state index in [1.54, 1.807) is 0 Å². The van der Waals surface area contributed by atoms with Gasteiger partial charge < -0.3 is 5.11 Å². The molecular formula is C13H15FN2O4S. The van der Waals surface area contributed by atoms with E-state index >= 15 is 0 Å². The van der Waals surface area contributed by atoms with Crippen molar-refractivity contribution in [3.8, 4) is 6.07 Å². The van der Waals surface area contributed by atoms with Gasteiger partial charge in [0.25, 0.3) is 0 Å². The Hall–Kier alpha value is -1.98. The third kappa shape index (κ3) is 3.37. The average molecular weight is 314 g/mol. The molecule has 0 bridgehead atoms. The highest BCUT2D eigenvalue weighted by Gasteiger charge is 2.29. The normalized spacial score (nSPS) is 13.0. The van der Waals surface area contributed by atoms with Crippen LogP contribution in [0.5, 0.6) is 0 Å². The molecule has 0 aromatic heterocycles. The molecule has 1 unspecified atom stereocenters. The third-order valence-electron chi connectivity index (χ3n) is 3.21. The summed E-state index contributed by atoms with van der Waals surface area (Å²) in [5.41, 5.74) is -0.603. The fraction of sp³-hybridized carbons (Fsp3) is 0.385. The quantitative estimate of drug-likeness (QED) is 0.892. The Morgan fingerprint density at radius 3 is 2.57 bits per heavy atom. The van der Waals surface area contributed by atoms with Crippen molar-refractivity contribution in [3.05, 3.63) is 29.1 Å². The van der Waals surface area contributed by atoms with Crippen molar-refractivity contribution in [2.75, 3.05) is 7.05 Å². The van der Waals surface area contributed by atoms with Gasteiger partial charge in [-0.25, -0.2) is 17.6 Å². The second-order valence-corrected chi connectivity index (χ2v) is 6.58. The first kappa shape index (κ1) is 17.1. The van der Waals surface area contributed by atoms with E-state index in [0.29, 0.717) is 0 Å². The second kappa shape index (κ2) is 6.20. The Balaban J connectivity index is 3.45. The maximum absolute atomic E-state index is 13.7. The highest BCUT2D eigenvalue weighted by Crippen LogP contribution is 2.25. The molecule has 0 saturated carbocycles. The molecule has 0 aliphatic carbocycles. The number of aromatic carboxylic acids is 1. The number of rotatable bonds is 5. The van der Waals surface area contributed by atoms with Crippen molar-refractivity contribution in [1.29, 1.82) is 5.26 Å². The van der Waals surface area contributed by atoms with E-state index < -0.39 is 38.3 Å². The summed E-state index contributed by atoms with van der Waals surface area (Å²) in [6.07, 6.45) is -0.0319. The smallest absolute Gasteiger partial charge is 0.335 e. The highest BCUT2D eigenvalue weighted by molar-refractivity contribution is 7.89. The van der Waals surface area contributed by atoms with Crippen molar-refractivity contribution in [2.45, 2.75) is 31.2 Å². The van der Waals surface area contributed by atoms with Gasteiger partial charge >= 0.3 is 5.97 Å². The first-order chi connectivity index (χ1) is 9.62. The number of hydrogen-bond donors (Lipinski definition) is 1. The standard InChI is InChI=1S/C13H15FN2O4S/c1-8(4-5-15)16(3)21(19,20)12-7-10(13(17)18)6-11(14)9(12)2/h6-8H,4H2,1-3H3,(H,17,18). The average Bonchev–Trinajstić information content (AvgIpc) is 2.40. The molecule has 1 aromatic carbocycles. The summed E-state index contributed by atoms with van der Waals surface area (Å²) in [4.78, 5) is 10.5. The number of sulfonamides is 1. The first-order valence-corrected chi connectivity index (χ1v) is 7.45. The summed E-state index contributed by atoms with van der Waals surface area (Å²) in [5.74, 6) is -2.33. The van der Waals surface area contributed by atoms with Gasteiger partial charge in [0, 0.05) is 18.7 Å². The number of carboxylic acid groups (broad SMARTS) is 1. The molecule has 1 aromatic rings. The van der Waals surface area contributed by atoms with Crippen molar-refractivity contribution in [2.24, 2.45) is 0 Å². The molecule has 114 valence electrons. The summed E-state index contributed by atoms with van der Waals surface area (Å²) < 4.78 is 39.6. The van der Waals surface area contributed by atoms with E-state index in [-0.39, 0.29) is 12.0 Å². The third-order valence-corrected chi connectivity index (χ3v) is 5.31. The molecule has 0 aliphatic heterocycles. The van der Waals surface area contributed by atoms with Crippen LogP contribution in [-0.2, 0) is 10.0 Å². The lowest BCUT2D eigenvalue weighted by Gasteiger charge is -2.23. The summed E-state index contributed by atoms with van der Waals surface area (Å²) >= 11 is 0. The van der Waals surface area contributed by atoms with Crippen LogP contribution in [0.1, 0.15) is 29.3 Å². The minimum absolute atomic E-state index is 0.0319. The molecule has 0 fully saturated rings. The molecule has 0 spiro atoms. The lowest BCUT2D eigenvalue weighted by molar-refractivity contribution is 0.0696. The zero-order valence-electron chi connectivity index (χ0n) is 11.8. The predicted octanol–water partition coefficient (Wildman–Crippen LogP) is 1.75. The first-order valence-electron chi connectivity index (χ1n) is 6.01. The summed E-state index contributed by atoms with van der Waals surface area (Å²) in [5, 5.41) is 17.5. The van der Waals surface area contributed by atoms with Crippen molar-refractivity contribution >= 4 is 16.0 Å². The van der Waals surface area contributed by atoms with Crippen LogP contribution in [0, 0.1) is 24.1 Å². The maximum atomic E-state index is 13.7. The summed E-state index contributed by atoms with van der Waals surface area (Å²) in [7, 11) is -2.82. The van der Waals surface area contributed by atoms with Gasteiger partial charge in [-0.3, -0.25) is 0 Å². The SMILES string of the molecule is Cc1c(F)cc(C(=O)O)cc1S(=O)(=O)N(C)C(C)CC#N. The molecule has 1 N–H and O–H groups in total. The molecule has 0 amide bonds. The van der Waals surface area contributed by atoms with Crippen LogP contribution in [0.15, 0.2) is 17.0 Å². The van der Waals surface area contributed by atoms with Gasteiger partial charge in [0.2, 0.25) is 10.0 Å². The van der Waals surface area contributed by atoms with Crippen LogP contribution in [0.3, 0.4) is 0 Å². The predicted molar refractivity (Wildman–Crippen MR) is 72.7 cm³/mol. The maximum Gasteiger partial charge on any atom is 0.335 e. The Labute approximate surface area is 122 Å². The molecule has 1 rings (SSSR count). The fourth-order valence-corrected chi connectivity index (χ4v) is 3.32. The summed E-state index contributed by atoms with van der Waals surface area (Å²) in [6, 6.07) is 2.93. The van der Waals surface area contributed by atoms with E-state index in [1.165, 1.54) is 20.9 Å². The van der Waals surface area contributed by atoms with Crippen LogP contribution in [0.4, 0.5) is 4.39 Å². The van der Waals surface area contributed by atoms with Crippen LogP contribution in [0.25, 0.3) is 0 Å². The van der Waals surface area contributed by atoms with E-state index in [1.807, 2.05) is 6.07 Å². The number of carboxylic acids is 1. The van der Waals surface area contributed by atoms with Gasteiger partial charge in [0.15, 0.2) is 0 Å². The molecule has 8 heteroatoms. The minimum atomic E-state index is -4.09. The Morgan fingerprint density at radius 1 is 1.52 bits per heavy atom.